The van der Waals surface area contributed by atoms with Gasteiger partial charge in [-0.25, -0.2) is 8.42 Å². The van der Waals surface area contributed by atoms with Gasteiger partial charge in [0.05, 0.1) is 24.6 Å². The number of sulfonamides is 1. The molecule has 9 heteroatoms. The third-order valence-corrected chi connectivity index (χ3v) is 4.75. The molecule has 1 aromatic heterocycles. The van der Waals surface area contributed by atoms with E-state index in [0.29, 0.717) is 12.2 Å². The summed E-state index contributed by atoms with van der Waals surface area (Å²) in [5.41, 5.74) is 2.41. The summed E-state index contributed by atoms with van der Waals surface area (Å²) in [5.74, 6) is 0.717. The molecule has 29 heavy (non-hydrogen) atoms. The van der Waals surface area contributed by atoms with Gasteiger partial charge in [0.25, 0.3) is 5.91 Å². The largest absolute Gasteiger partial charge is 0.497 e. The highest BCUT2D eigenvalue weighted by Crippen LogP contribution is 2.19. The summed E-state index contributed by atoms with van der Waals surface area (Å²) >= 11 is 0. The normalized spacial score (nSPS) is 11.1. The van der Waals surface area contributed by atoms with Gasteiger partial charge in [0.2, 0.25) is 10.0 Å². The summed E-state index contributed by atoms with van der Waals surface area (Å²) in [6.45, 7) is 0. The average Bonchev–Trinajstić information content (AvgIpc) is 3.13. The number of para-hydroxylation sites is 1. The van der Waals surface area contributed by atoms with E-state index in [9.17, 15) is 13.2 Å². The lowest BCUT2D eigenvalue weighted by Crippen LogP contribution is -2.17. The second kappa shape index (κ2) is 8.78. The van der Waals surface area contributed by atoms with Crippen LogP contribution >= 0.6 is 0 Å². The molecule has 2 aromatic carbocycles. The van der Waals surface area contributed by atoms with E-state index < -0.39 is 15.9 Å². The van der Waals surface area contributed by atoms with Crippen LogP contribution in [0.4, 0.5) is 11.5 Å². The van der Waals surface area contributed by atoms with E-state index in [0.717, 1.165) is 29.7 Å². The van der Waals surface area contributed by atoms with Gasteiger partial charge in [-0.1, -0.05) is 24.3 Å². The minimum atomic E-state index is -3.50. The highest BCUT2D eigenvalue weighted by molar-refractivity contribution is 7.92. The molecule has 0 spiro atoms. The average molecular weight is 414 g/mol. The van der Waals surface area contributed by atoms with E-state index in [2.05, 4.69) is 20.2 Å². The number of aromatic nitrogens is 2. The van der Waals surface area contributed by atoms with Crippen molar-refractivity contribution in [3.05, 3.63) is 71.4 Å². The van der Waals surface area contributed by atoms with Gasteiger partial charge >= 0.3 is 0 Å². The fourth-order valence-corrected chi connectivity index (χ4v) is 3.39. The number of ether oxygens (including phenoxy) is 1. The number of anilines is 2. The van der Waals surface area contributed by atoms with E-state index >= 15 is 0 Å². The Morgan fingerprint density at radius 1 is 1.10 bits per heavy atom. The van der Waals surface area contributed by atoms with Gasteiger partial charge in [-0.05, 0) is 42.7 Å². The standard InChI is InChI=1S/C20H22N4O4S/c1-28-16-7-5-6-14(12-16)10-11-15-13-19(23-22-15)21-20(25)17-8-3-4-9-18(17)24-29(2,26)27/h3-9,12-13,24H,10-11H2,1-2H3,(H2,21,22,23,25). The van der Waals surface area contributed by atoms with Gasteiger partial charge < -0.3 is 10.1 Å². The lowest BCUT2D eigenvalue weighted by molar-refractivity contribution is 0.102. The summed E-state index contributed by atoms with van der Waals surface area (Å²) in [4.78, 5) is 12.6. The quantitative estimate of drug-likeness (QED) is 0.525. The van der Waals surface area contributed by atoms with Crippen LogP contribution in [0.15, 0.2) is 54.6 Å². The molecule has 8 nitrogen and oxygen atoms in total. The van der Waals surface area contributed by atoms with E-state index in [1.165, 1.54) is 6.07 Å². The molecule has 0 fully saturated rings. The van der Waals surface area contributed by atoms with Crippen molar-refractivity contribution >= 4 is 27.4 Å². The van der Waals surface area contributed by atoms with Crippen LogP contribution in [0, 0.1) is 0 Å². The van der Waals surface area contributed by atoms with E-state index in [1.54, 1.807) is 31.4 Å². The molecule has 0 aliphatic carbocycles. The summed E-state index contributed by atoms with van der Waals surface area (Å²) < 4.78 is 30.6. The Labute approximate surface area is 169 Å². The molecule has 0 saturated heterocycles. The maximum Gasteiger partial charge on any atom is 0.258 e. The predicted molar refractivity (Wildman–Crippen MR) is 112 cm³/mol. The zero-order valence-corrected chi connectivity index (χ0v) is 16.9. The Bertz CT molecular complexity index is 1110. The summed E-state index contributed by atoms with van der Waals surface area (Å²) in [7, 11) is -1.87. The van der Waals surface area contributed by atoms with E-state index in [4.69, 9.17) is 4.74 Å². The summed E-state index contributed by atoms with van der Waals surface area (Å²) in [6, 6.07) is 16.0. The number of carbonyl (C=O) groups excluding carboxylic acids is 1. The van der Waals surface area contributed by atoms with Crippen molar-refractivity contribution in [1.82, 2.24) is 10.2 Å². The monoisotopic (exact) mass is 414 g/mol. The number of methoxy groups -OCH3 is 1. The Hall–Kier alpha value is -3.33. The van der Waals surface area contributed by atoms with Crippen molar-refractivity contribution in [2.24, 2.45) is 0 Å². The molecule has 1 heterocycles. The van der Waals surface area contributed by atoms with Gasteiger partial charge in [0, 0.05) is 11.8 Å². The molecular weight excluding hydrogens is 392 g/mol. The van der Waals surface area contributed by atoms with Gasteiger partial charge in [-0.15, -0.1) is 0 Å². The Kier molecular flexibility index (Phi) is 6.18. The molecule has 0 saturated carbocycles. The van der Waals surface area contributed by atoms with E-state index in [1.807, 2.05) is 24.3 Å². The SMILES string of the molecule is COc1cccc(CCc2cc(NC(=O)c3ccccc3NS(C)(=O)=O)n[nH]2)c1. The van der Waals surface area contributed by atoms with Crippen molar-refractivity contribution in [2.75, 3.05) is 23.4 Å². The number of nitrogens with zero attached hydrogens (tertiary/aromatic N) is 1. The Morgan fingerprint density at radius 2 is 1.90 bits per heavy atom. The number of amides is 1. The lowest BCUT2D eigenvalue weighted by atomic mass is 10.1. The van der Waals surface area contributed by atoms with Crippen molar-refractivity contribution in [3.63, 3.8) is 0 Å². The van der Waals surface area contributed by atoms with Crippen LogP contribution in [0.5, 0.6) is 5.75 Å². The van der Waals surface area contributed by atoms with Crippen LogP contribution < -0.4 is 14.8 Å². The van der Waals surface area contributed by atoms with Gasteiger partial charge in [-0.2, -0.15) is 5.10 Å². The number of carbonyl (C=O) groups is 1. The fraction of sp³-hybridized carbons (Fsp3) is 0.200. The van der Waals surface area contributed by atoms with Crippen LogP contribution in [0.25, 0.3) is 0 Å². The predicted octanol–water partition coefficient (Wildman–Crippen LogP) is 2.83. The van der Waals surface area contributed by atoms with Crippen LogP contribution in [-0.4, -0.2) is 37.9 Å². The molecular formula is C20H22N4O4S. The highest BCUT2D eigenvalue weighted by atomic mass is 32.2. The smallest absolute Gasteiger partial charge is 0.258 e. The first-order valence-corrected chi connectivity index (χ1v) is 10.8. The number of nitrogens with one attached hydrogen (secondary N) is 3. The topological polar surface area (TPSA) is 113 Å². The molecule has 3 N–H and O–H groups in total. The zero-order valence-electron chi connectivity index (χ0n) is 16.1. The molecule has 0 aliphatic heterocycles. The number of rotatable bonds is 8. The minimum absolute atomic E-state index is 0.207. The number of H-pyrrole nitrogens is 1. The molecule has 0 bridgehead atoms. The molecule has 0 unspecified atom stereocenters. The van der Waals surface area contributed by atoms with Crippen LogP contribution in [-0.2, 0) is 22.9 Å². The molecule has 3 aromatic rings. The maximum atomic E-state index is 12.6. The molecule has 3 rings (SSSR count). The maximum absolute atomic E-state index is 12.6. The third kappa shape index (κ3) is 5.82. The lowest BCUT2D eigenvalue weighted by Gasteiger charge is -2.09. The van der Waals surface area contributed by atoms with Crippen LogP contribution in [0.3, 0.4) is 0 Å². The number of benzene rings is 2. The molecule has 1 amide bonds. The molecule has 152 valence electrons. The summed E-state index contributed by atoms with van der Waals surface area (Å²) in [5, 5.41) is 9.70. The van der Waals surface area contributed by atoms with Crippen LogP contribution in [0.2, 0.25) is 0 Å². The van der Waals surface area contributed by atoms with Crippen LogP contribution in [0.1, 0.15) is 21.6 Å². The van der Waals surface area contributed by atoms with E-state index in [-0.39, 0.29) is 11.3 Å². The molecule has 0 atom stereocenters. The van der Waals surface area contributed by atoms with Crippen molar-refractivity contribution in [2.45, 2.75) is 12.8 Å². The number of aromatic amines is 1. The highest BCUT2D eigenvalue weighted by Gasteiger charge is 2.15. The molecule has 0 radical (unpaired) electrons. The zero-order chi connectivity index (χ0) is 20.9. The second-order valence-electron chi connectivity index (χ2n) is 6.50. The first-order chi connectivity index (χ1) is 13.8. The second-order valence-corrected chi connectivity index (χ2v) is 8.25. The number of hydrogen-bond acceptors (Lipinski definition) is 5. The Morgan fingerprint density at radius 3 is 2.66 bits per heavy atom. The molecule has 0 aliphatic rings. The third-order valence-electron chi connectivity index (χ3n) is 4.16. The Balaban J connectivity index is 1.65. The number of hydrogen-bond donors (Lipinski definition) is 3. The minimum Gasteiger partial charge on any atom is -0.497 e. The van der Waals surface area contributed by atoms with Crippen molar-refractivity contribution in [3.8, 4) is 5.75 Å². The fourth-order valence-electron chi connectivity index (χ4n) is 2.81. The van der Waals surface area contributed by atoms with Gasteiger partial charge in [0.15, 0.2) is 5.82 Å². The number of aryl methyl sites for hydroxylation is 2. The van der Waals surface area contributed by atoms with Gasteiger partial charge in [-0.3, -0.25) is 14.6 Å². The first-order valence-electron chi connectivity index (χ1n) is 8.89. The van der Waals surface area contributed by atoms with Crippen molar-refractivity contribution in [1.29, 1.82) is 0 Å². The first kappa shape index (κ1) is 20.4. The van der Waals surface area contributed by atoms with Gasteiger partial charge in [0.1, 0.15) is 5.75 Å². The van der Waals surface area contributed by atoms with Crippen molar-refractivity contribution < 1.29 is 17.9 Å². The summed E-state index contributed by atoms with van der Waals surface area (Å²) in [6.07, 6.45) is 2.53.